The molecule has 1 amide bonds. The Morgan fingerprint density at radius 1 is 1.50 bits per heavy atom. The number of nitrogens with zero attached hydrogens (tertiary/aromatic N) is 1. The van der Waals surface area contributed by atoms with E-state index in [2.05, 4.69) is 0 Å². The topological polar surface area (TPSA) is 57.6 Å². The fraction of sp³-hybridized carbons (Fsp3) is 0.538. The highest BCUT2D eigenvalue weighted by molar-refractivity contribution is 7.09. The maximum Gasteiger partial charge on any atom is 0.308 e. The van der Waals surface area contributed by atoms with Crippen molar-refractivity contribution in [3.05, 3.63) is 22.4 Å². The summed E-state index contributed by atoms with van der Waals surface area (Å²) in [4.78, 5) is 25.8. The summed E-state index contributed by atoms with van der Waals surface area (Å²) in [6.45, 7) is 1.08. The maximum atomic E-state index is 12.0. The van der Waals surface area contributed by atoms with Gasteiger partial charge in [0, 0.05) is 24.4 Å². The zero-order chi connectivity index (χ0) is 13.0. The van der Waals surface area contributed by atoms with Gasteiger partial charge in [0.25, 0.3) is 0 Å². The monoisotopic (exact) mass is 267 g/mol. The predicted octanol–water partition coefficient (Wildman–Crippen LogP) is 2.00. The number of aliphatic carboxylic acids is 1. The summed E-state index contributed by atoms with van der Waals surface area (Å²) in [5.41, 5.74) is 0. The number of likely N-dealkylation sites (tertiary alicyclic amines) is 1. The van der Waals surface area contributed by atoms with Gasteiger partial charge in [-0.3, -0.25) is 9.59 Å². The van der Waals surface area contributed by atoms with Crippen LogP contribution in [0, 0.1) is 5.92 Å². The van der Waals surface area contributed by atoms with E-state index >= 15 is 0 Å². The van der Waals surface area contributed by atoms with Gasteiger partial charge < -0.3 is 10.0 Å². The second kappa shape index (κ2) is 6.00. The molecule has 0 bridgehead atoms. The lowest BCUT2D eigenvalue weighted by atomic mass is 9.98. The third-order valence-corrected chi connectivity index (χ3v) is 4.22. The van der Waals surface area contributed by atoms with Crippen LogP contribution in [-0.4, -0.2) is 35.0 Å². The predicted molar refractivity (Wildman–Crippen MR) is 69.6 cm³/mol. The second-order valence-corrected chi connectivity index (χ2v) is 5.63. The first-order valence-electron chi connectivity index (χ1n) is 6.20. The smallest absolute Gasteiger partial charge is 0.308 e. The molecular weight excluding hydrogens is 250 g/mol. The van der Waals surface area contributed by atoms with Crippen molar-refractivity contribution in [2.24, 2.45) is 5.92 Å². The summed E-state index contributed by atoms with van der Waals surface area (Å²) in [5, 5.41) is 11.0. The van der Waals surface area contributed by atoms with Gasteiger partial charge in [-0.25, -0.2) is 0 Å². The van der Waals surface area contributed by atoms with Crippen molar-refractivity contribution in [1.29, 1.82) is 0 Å². The van der Waals surface area contributed by atoms with E-state index < -0.39 is 5.97 Å². The average molecular weight is 267 g/mol. The zero-order valence-electron chi connectivity index (χ0n) is 10.2. The van der Waals surface area contributed by atoms with Crippen molar-refractivity contribution < 1.29 is 14.7 Å². The normalized spacial score (nSPS) is 19.8. The molecule has 1 fully saturated rings. The highest BCUT2D eigenvalue weighted by atomic mass is 32.1. The molecular formula is C13H17NO3S. The van der Waals surface area contributed by atoms with Gasteiger partial charge in [0.1, 0.15) is 0 Å². The van der Waals surface area contributed by atoms with E-state index in [1.807, 2.05) is 17.5 Å². The van der Waals surface area contributed by atoms with E-state index in [1.54, 1.807) is 16.2 Å². The standard InChI is InChI=1S/C13H17NO3S/c15-12(6-5-11-4-2-8-18-11)14-7-1-3-10(9-14)13(16)17/h2,4,8,10H,1,3,5-7,9H2,(H,16,17)/t10-/m1/s1. The van der Waals surface area contributed by atoms with Crippen molar-refractivity contribution in [2.75, 3.05) is 13.1 Å². The van der Waals surface area contributed by atoms with E-state index in [0.717, 1.165) is 12.8 Å². The van der Waals surface area contributed by atoms with Crippen LogP contribution in [-0.2, 0) is 16.0 Å². The molecule has 98 valence electrons. The fourth-order valence-corrected chi connectivity index (χ4v) is 2.96. The number of rotatable bonds is 4. The SMILES string of the molecule is O=C(O)[C@@H]1CCCN(C(=O)CCc2cccs2)C1. The molecule has 4 nitrogen and oxygen atoms in total. The van der Waals surface area contributed by atoms with Crippen LogP contribution < -0.4 is 0 Å². The molecule has 5 heteroatoms. The van der Waals surface area contributed by atoms with E-state index in [-0.39, 0.29) is 11.8 Å². The van der Waals surface area contributed by atoms with Crippen LogP contribution in [0.3, 0.4) is 0 Å². The molecule has 2 heterocycles. The first-order chi connectivity index (χ1) is 8.66. The van der Waals surface area contributed by atoms with Gasteiger partial charge >= 0.3 is 5.97 Å². The largest absolute Gasteiger partial charge is 0.481 e. The second-order valence-electron chi connectivity index (χ2n) is 4.60. The molecule has 1 atom stereocenters. The Balaban J connectivity index is 1.83. The van der Waals surface area contributed by atoms with Crippen LogP contribution in [0.1, 0.15) is 24.1 Å². The first kappa shape index (κ1) is 13.1. The minimum absolute atomic E-state index is 0.0781. The number of carboxylic acids is 1. The zero-order valence-corrected chi connectivity index (χ0v) is 11.0. The number of thiophene rings is 1. The van der Waals surface area contributed by atoms with Crippen LogP contribution in [0.4, 0.5) is 0 Å². The molecule has 0 spiro atoms. The lowest BCUT2D eigenvalue weighted by Crippen LogP contribution is -2.42. The number of amides is 1. The Morgan fingerprint density at radius 3 is 3.00 bits per heavy atom. The molecule has 1 saturated heterocycles. The quantitative estimate of drug-likeness (QED) is 0.907. The number of hydrogen-bond acceptors (Lipinski definition) is 3. The Morgan fingerprint density at radius 2 is 2.33 bits per heavy atom. The van der Waals surface area contributed by atoms with Crippen LogP contribution in [0.5, 0.6) is 0 Å². The number of carbonyl (C=O) groups is 2. The third-order valence-electron chi connectivity index (χ3n) is 3.29. The highest BCUT2D eigenvalue weighted by Crippen LogP contribution is 2.18. The van der Waals surface area contributed by atoms with E-state index in [9.17, 15) is 9.59 Å². The van der Waals surface area contributed by atoms with Crippen LogP contribution in [0.15, 0.2) is 17.5 Å². The summed E-state index contributed by atoms with van der Waals surface area (Å²) in [6, 6.07) is 4.00. The van der Waals surface area contributed by atoms with Gasteiger partial charge in [-0.05, 0) is 30.7 Å². The van der Waals surface area contributed by atoms with Gasteiger partial charge in [0.15, 0.2) is 0 Å². The first-order valence-corrected chi connectivity index (χ1v) is 7.08. The third kappa shape index (κ3) is 3.32. The summed E-state index contributed by atoms with van der Waals surface area (Å²) in [5.74, 6) is -1.09. The number of aryl methyl sites for hydroxylation is 1. The molecule has 1 aromatic rings. The van der Waals surface area contributed by atoms with Gasteiger partial charge in [-0.2, -0.15) is 0 Å². The number of carboxylic acid groups (broad SMARTS) is 1. The van der Waals surface area contributed by atoms with Gasteiger partial charge in [0.2, 0.25) is 5.91 Å². The van der Waals surface area contributed by atoms with Crippen molar-refractivity contribution >= 4 is 23.2 Å². The lowest BCUT2D eigenvalue weighted by Gasteiger charge is -2.30. The summed E-state index contributed by atoms with van der Waals surface area (Å²) < 4.78 is 0. The minimum Gasteiger partial charge on any atom is -0.481 e. The van der Waals surface area contributed by atoms with Crippen molar-refractivity contribution in [1.82, 2.24) is 4.90 Å². The molecule has 0 aliphatic carbocycles. The van der Waals surface area contributed by atoms with Crippen LogP contribution in [0.25, 0.3) is 0 Å². The van der Waals surface area contributed by atoms with Crippen LogP contribution >= 0.6 is 11.3 Å². The summed E-state index contributed by atoms with van der Waals surface area (Å²) >= 11 is 1.65. The van der Waals surface area contributed by atoms with Crippen molar-refractivity contribution in [2.45, 2.75) is 25.7 Å². The minimum atomic E-state index is -0.786. The molecule has 0 radical (unpaired) electrons. The molecule has 1 N–H and O–H groups in total. The Kier molecular flexibility index (Phi) is 4.36. The molecule has 1 aliphatic rings. The summed E-state index contributed by atoms with van der Waals surface area (Å²) in [7, 11) is 0. The Hall–Kier alpha value is -1.36. The van der Waals surface area contributed by atoms with Gasteiger partial charge in [-0.15, -0.1) is 11.3 Å². The molecule has 1 aliphatic heterocycles. The lowest BCUT2D eigenvalue weighted by molar-refractivity contribution is -0.145. The highest BCUT2D eigenvalue weighted by Gasteiger charge is 2.27. The average Bonchev–Trinajstić information content (AvgIpc) is 2.89. The van der Waals surface area contributed by atoms with Crippen LogP contribution in [0.2, 0.25) is 0 Å². The molecule has 0 aromatic carbocycles. The molecule has 1 aromatic heterocycles. The number of carbonyl (C=O) groups excluding carboxylic acids is 1. The summed E-state index contributed by atoms with van der Waals surface area (Å²) in [6.07, 6.45) is 2.71. The van der Waals surface area contributed by atoms with Crippen molar-refractivity contribution in [3.63, 3.8) is 0 Å². The number of piperidine rings is 1. The van der Waals surface area contributed by atoms with E-state index in [1.165, 1.54) is 4.88 Å². The molecule has 0 unspecified atom stereocenters. The fourth-order valence-electron chi connectivity index (χ4n) is 2.25. The Labute approximate surface area is 110 Å². The number of hydrogen-bond donors (Lipinski definition) is 1. The Bertz CT molecular complexity index is 416. The van der Waals surface area contributed by atoms with Crippen molar-refractivity contribution in [3.8, 4) is 0 Å². The maximum absolute atomic E-state index is 12.0. The molecule has 2 rings (SSSR count). The van der Waals surface area contributed by atoms with E-state index in [0.29, 0.717) is 25.9 Å². The molecule has 0 saturated carbocycles. The van der Waals surface area contributed by atoms with Gasteiger partial charge in [0.05, 0.1) is 5.92 Å². The van der Waals surface area contributed by atoms with E-state index in [4.69, 9.17) is 5.11 Å². The van der Waals surface area contributed by atoms with Gasteiger partial charge in [-0.1, -0.05) is 6.07 Å². The molecule has 18 heavy (non-hydrogen) atoms.